The molecule has 0 bridgehead atoms. The van der Waals surface area contributed by atoms with Gasteiger partial charge in [0.05, 0.1) is 22.6 Å². The number of ketones is 1. The summed E-state index contributed by atoms with van der Waals surface area (Å²) in [7, 11) is 0. The molecule has 2 aromatic heterocycles. The number of carbonyl (C=O) groups is 1. The van der Waals surface area contributed by atoms with E-state index in [1.54, 1.807) is 18.3 Å². The Morgan fingerprint density at radius 3 is 2.62 bits per heavy atom. The number of hydrogen-bond donors (Lipinski definition) is 0. The number of Topliss-reactive ketones (excluding diaryl/α,β-unsaturated/α-hetero) is 1. The number of aromatic nitrogens is 3. The first-order chi connectivity index (χ1) is 17.7. The number of pyridine rings is 1. The standard InChI is InChI=1S/C28H18F5N3O/c29-22-10-9-17(26(30)21(22)14-25(37)16-4-1-5-18(12-16)28(31,32)33)13-24-20(7-3-11-34-24)27-19-6-2-8-23(19)35-15-36-27/h1-7,9-12,15H,8,13-14H2. The molecule has 37 heavy (non-hydrogen) atoms. The Kier molecular flexibility index (Phi) is 6.37. The fraction of sp³-hybridized carbons (Fsp3) is 0.143. The molecule has 0 unspecified atom stereocenters. The van der Waals surface area contributed by atoms with Crippen LogP contribution >= 0.6 is 0 Å². The normalized spacial score (nSPS) is 12.6. The second-order valence-electron chi connectivity index (χ2n) is 8.54. The van der Waals surface area contributed by atoms with Crippen LogP contribution in [0.25, 0.3) is 17.3 Å². The number of halogens is 5. The van der Waals surface area contributed by atoms with E-state index in [1.165, 1.54) is 18.5 Å². The smallest absolute Gasteiger partial charge is 0.294 e. The molecule has 0 amide bonds. The molecule has 2 heterocycles. The summed E-state index contributed by atoms with van der Waals surface area (Å²) in [5.74, 6) is -2.73. The molecular weight excluding hydrogens is 489 g/mol. The highest BCUT2D eigenvalue weighted by molar-refractivity contribution is 5.97. The van der Waals surface area contributed by atoms with E-state index in [9.17, 15) is 22.4 Å². The van der Waals surface area contributed by atoms with Gasteiger partial charge in [-0.1, -0.05) is 30.4 Å². The first-order valence-corrected chi connectivity index (χ1v) is 11.3. The lowest BCUT2D eigenvalue weighted by Crippen LogP contribution is -2.12. The number of fused-ring (bicyclic) bond motifs is 1. The summed E-state index contributed by atoms with van der Waals surface area (Å²) in [6.07, 6.45) is 2.16. The monoisotopic (exact) mass is 507 g/mol. The minimum atomic E-state index is -4.65. The maximum Gasteiger partial charge on any atom is 0.416 e. The van der Waals surface area contributed by atoms with Crippen molar-refractivity contribution in [2.24, 2.45) is 0 Å². The van der Waals surface area contributed by atoms with Crippen LogP contribution in [-0.4, -0.2) is 20.7 Å². The Morgan fingerprint density at radius 1 is 0.973 bits per heavy atom. The Morgan fingerprint density at radius 2 is 1.81 bits per heavy atom. The predicted octanol–water partition coefficient (Wildman–Crippen LogP) is 6.42. The summed E-state index contributed by atoms with van der Waals surface area (Å²) < 4.78 is 69.2. The van der Waals surface area contributed by atoms with Gasteiger partial charge in [0.1, 0.15) is 18.0 Å². The van der Waals surface area contributed by atoms with Crippen LogP contribution in [0.1, 0.15) is 44.0 Å². The van der Waals surface area contributed by atoms with Gasteiger partial charge < -0.3 is 0 Å². The highest BCUT2D eigenvalue weighted by Gasteiger charge is 2.31. The fourth-order valence-corrected chi connectivity index (χ4v) is 4.32. The largest absolute Gasteiger partial charge is 0.416 e. The molecule has 0 aliphatic heterocycles. The quantitative estimate of drug-likeness (QED) is 0.223. The molecule has 0 fully saturated rings. The molecule has 4 nitrogen and oxygen atoms in total. The highest BCUT2D eigenvalue weighted by atomic mass is 19.4. The number of benzene rings is 2. The van der Waals surface area contributed by atoms with Gasteiger partial charge in [-0.3, -0.25) is 9.78 Å². The van der Waals surface area contributed by atoms with Gasteiger partial charge in [0.15, 0.2) is 5.78 Å². The third-order valence-corrected chi connectivity index (χ3v) is 6.18. The van der Waals surface area contributed by atoms with Crippen LogP contribution in [0.3, 0.4) is 0 Å². The van der Waals surface area contributed by atoms with E-state index in [2.05, 4.69) is 15.0 Å². The van der Waals surface area contributed by atoms with Gasteiger partial charge in [-0.05, 0) is 35.9 Å². The van der Waals surface area contributed by atoms with Crippen molar-refractivity contribution in [2.45, 2.75) is 25.4 Å². The zero-order valence-electron chi connectivity index (χ0n) is 19.2. The number of carbonyl (C=O) groups excluding carboxylic acids is 1. The molecule has 0 spiro atoms. The summed E-state index contributed by atoms with van der Waals surface area (Å²) in [4.78, 5) is 25.7. The zero-order chi connectivity index (χ0) is 26.2. The Hall–Kier alpha value is -4.27. The molecule has 1 aliphatic rings. The van der Waals surface area contributed by atoms with Gasteiger partial charge in [-0.2, -0.15) is 13.2 Å². The van der Waals surface area contributed by atoms with Crippen molar-refractivity contribution in [1.82, 2.24) is 15.0 Å². The highest BCUT2D eigenvalue weighted by Crippen LogP contribution is 2.32. The first kappa shape index (κ1) is 24.4. The summed E-state index contributed by atoms with van der Waals surface area (Å²) in [6.45, 7) is 0. The van der Waals surface area contributed by atoms with Gasteiger partial charge in [-0.15, -0.1) is 0 Å². The Balaban J connectivity index is 1.46. The third-order valence-electron chi connectivity index (χ3n) is 6.18. The van der Waals surface area contributed by atoms with E-state index in [1.807, 2.05) is 12.2 Å². The molecule has 0 saturated carbocycles. The maximum atomic E-state index is 15.5. The van der Waals surface area contributed by atoms with Crippen molar-refractivity contribution in [1.29, 1.82) is 0 Å². The van der Waals surface area contributed by atoms with Crippen molar-refractivity contribution >= 4 is 11.9 Å². The maximum absolute atomic E-state index is 15.5. The van der Waals surface area contributed by atoms with Crippen molar-refractivity contribution < 1.29 is 26.7 Å². The molecule has 186 valence electrons. The van der Waals surface area contributed by atoms with Gasteiger partial charge in [0, 0.05) is 47.7 Å². The van der Waals surface area contributed by atoms with Crippen LogP contribution in [0, 0.1) is 11.6 Å². The summed E-state index contributed by atoms with van der Waals surface area (Å²) in [6, 6.07) is 9.62. The molecule has 0 radical (unpaired) electrons. The molecule has 0 saturated heterocycles. The average Bonchev–Trinajstić information content (AvgIpc) is 3.37. The molecule has 5 rings (SSSR count). The summed E-state index contributed by atoms with van der Waals surface area (Å²) in [5.41, 5.74) is 1.80. The number of hydrogen-bond acceptors (Lipinski definition) is 4. The zero-order valence-corrected chi connectivity index (χ0v) is 19.2. The lowest BCUT2D eigenvalue weighted by molar-refractivity contribution is -0.137. The molecule has 1 aliphatic carbocycles. The predicted molar refractivity (Wildman–Crippen MR) is 127 cm³/mol. The van der Waals surface area contributed by atoms with Crippen LogP contribution in [0.5, 0.6) is 0 Å². The Bertz CT molecular complexity index is 1550. The second-order valence-corrected chi connectivity index (χ2v) is 8.54. The first-order valence-electron chi connectivity index (χ1n) is 11.3. The van der Waals surface area contributed by atoms with E-state index in [0.29, 0.717) is 29.4 Å². The SMILES string of the molecule is O=C(Cc1c(F)ccc(Cc2ncccc2-c2ncnc3c2C=CC3)c1F)c1cccc(C(F)(F)F)c1. The molecular formula is C28H18F5N3O. The lowest BCUT2D eigenvalue weighted by Gasteiger charge is -2.13. The van der Waals surface area contributed by atoms with Crippen LogP contribution in [0.4, 0.5) is 22.0 Å². The van der Waals surface area contributed by atoms with Crippen molar-refractivity contribution in [2.75, 3.05) is 0 Å². The van der Waals surface area contributed by atoms with Crippen LogP contribution in [0.15, 0.2) is 67.1 Å². The van der Waals surface area contributed by atoms with E-state index in [-0.39, 0.29) is 17.5 Å². The van der Waals surface area contributed by atoms with Crippen LogP contribution in [0.2, 0.25) is 0 Å². The Labute approximate surface area is 208 Å². The van der Waals surface area contributed by atoms with Crippen molar-refractivity contribution in [3.63, 3.8) is 0 Å². The van der Waals surface area contributed by atoms with Crippen molar-refractivity contribution in [3.8, 4) is 11.3 Å². The van der Waals surface area contributed by atoms with Crippen molar-refractivity contribution in [3.05, 3.63) is 118 Å². The summed E-state index contributed by atoms with van der Waals surface area (Å²) >= 11 is 0. The number of nitrogens with zero attached hydrogens (tertiary/aromatic N) is 3. The van der Waals surface area contributed by atoms with E-state index in [0.717, 1.165) is 29.5 Å². The fourth-order valence-electron chi connectivity index (χ4n) is 4.32. The van der Waals surface area contributed by atoms with Gasteiger partial charge in [0.25, 0.3) is 0 Å². The molecule has 0 N–H and O–H groups in total. The molecule has 4 aromatic rings. The number of alkyl halides is 3. The second kappa shape index (κ2) is 9.65. The van der Waals surface area contributed by atoms with Crippen LogP contribution in [-0.2, 0) is 25.4 Å². The summed E-state index contributed by atoms with van der Waals surface area (Å²) in [5, 5.41) is 0. The van der Waals surface area contributed by atoms with E-state index < -0.39 is 41.1 Å². The van der Waals surface area contributed by atoms with E-state index >= 15 is 4.39 Å². The minimum Gasteiger partial charge on any atom is -0.294 e. The lowest BCUT2D eigenvalue weighted by atomic mass is 9.95. The van der Waals surface area contributed by atoms with Gasteiger partial charge in [0.2, 0.25) is 0 Å². The van der Waals surface area contributed by atoms with Crippen LogP contribution < -0.4 is 0 Å². The minimum absolute atomic E-state index is 0.0183. The average molecular weight is 507 g/mol. The van der Waals surface area contributed by atoms with Gasteiger partial charge >= 0.3 is 6.18 Å². The number of allylic oxidation sites excluding steroid dienone is 1. The molecule has 2 aromatic carbocycles. The number of rotatable bonds is 6. The topological polar surface area (TPSA) is 55.7 Å². The third kappa shape index (κ3) is 4.89. The molecule has 0 atom stereocenters. The van der Waals surface area contributed by atoms with Gasteiger partial charge in [-0.25, -0.2) is 18.7 Å². The van der Waals surface area contributed by atoms with E-state index in [4.69, 9.17) is 0 Å². The molecule has 9 heteroatoms.